The second-order valence-corrected chi connectivity index (χ2v) is 6.72. The largest absolute Gasteiger partial charge is 0.459 e. The number of hydrogen-bond donors (Lipinski definition) is 0. The van der Waals surface area contributed by atoms with Crippen molar-refractivity contribution in [1.82, 2.24) is 4.90 Å². The van der Waals surface area contributed by atoms with Gasteiger partial charge in [-0.1, -0.05) is 0 Å². The van der Waals surface area contributed by atoms with Crippen molar-refractivity contribution in [1.29, 1.82) is 0 Å². The van der Waals surface area contributed by atoms with Crippen molar-refractivity contribution in [3.8, 4) is 0 Å². The molecule has 0 aliphatic carbocycles. The Morgan fingerprint density at radius 1 is 1.43 bits per heavy atom. The Hall–Kier alpha value is -2.09. The topological polar surface area (TPSA) is 89.8 Å². The molecule has 0 spiro atoms. The quantitative estimate of drug-likeness (QED) is 0.352. The number of nitro benzene ring substituents is 1. The number of amides is 1. The second-order valence-electron chi connectivity index (χ2n) is 5.64. The summed E-state index contributed by atoms with van der Waals surface area (Å²) in [6, 6.07) is 5.51. The minimum Gasteiger partial charge on any atom is -0.459 e. The van der Waals surface area contributed by atoms with E-state index in [0.717, 1.165) is 6.42 Å². The zero-order valence-electron chi connectivity index (χ0n) is 12.5. The Morgan fingerprint density at radius 2 is 2.13 bits per heavy atom. The highest BCUT2D eigenvalue weighted by molar-refractivity contribution is 7.99. The molecule has 122 valence electrons. The maximum Gasteiger partial charge on any atom is 0.330 e. The lowest BCUT2D eigenvalue weighted by molar-refractivity contribution is -0.384. The van der Waals surface area contributed by atoms with Gasteiger partial charge in [0.2, 0.25) is 5.91 Å². The number of nitrogens with zero attached hydrogens (tertiary/aromatic N) is 2. The molecule has 1 aromatic rings. The van der Waals surface area contributed by atoms with E-state index in [9.17, 15) is 19.7 Å². The SMILES string of the molecule is CS[C@H]1CC2CC(=O)N2[C@@H]1C(=O)OCc1ccc([N+](=O)[O-])cc1. The van der Waals surface area contributed by atoms with Crippen LogP contribution in [0.15, 0.2) is 24.3 Å². The molecule has 2 aliphatic heterocycles. The zero-order chi connectivity index (χ0) is 16.6. The summed E-state index contributed by atoms with van der Waals surface area (Å²) < 4.78 is 5.33. The van der Waals surface area contributed by atoms with Crippen LogP contribution in [0.5, 0.6) is 0 Å². The standard InChI is InChI=1S/C15H16N2O5S/c1-23-12-6-11-7-13(18)16(11)14(12)15(19)22-8-9-2-4-10(5-3-9)17(20)21/h2-5,11-12,14H,6-8H2,1H3/t11?,12-,14-/m0/s1. The molecule has 2 aliphatic rings. The van der Waals surface area contributed by atoms with Crippen LogP contribution >= 0.6 is 11.8 Å². The van der Waals surface area contributed by atoms with Gasteiger partial charge in [0.05, 0.1) is 4.92 Å². The predicted molar refractivity (Wildman–Crippen MR) is 83.9 cm³/mol. The van der Waals surface area contributed by atoms with E-state index in [0.29, 0.717) is 12.0 Å². The minimum atomic E-state index is -0.519. The molecule has 1 amide bonds. The van der Waals surface area contributed by atoms with E-state index in [1.54, 1.807) is 28.8 Å². The Labute approximate surface area is 137 Å². The molecule has 1 aromatic carbocycles. The summed E-state index contributed by atoms with van der Waals surface area (Å²) in [5, 5.41) is 10.7. The predicted octanol–water partition coefficient (Wildman–Crippen LogP) is 1.74. The summed E-state index contributed by atoms with van der Waals surface area (Å²) in [5.41, 5.74) is 0.668. The number of nitro groups is 1. The molecule has 0 N–H and O–H groups in total. The first-order chi connectivity index (χ1) is 11.0. The van der Waals surface area contributed by atoms with E-state index in [-0.39, 0.29) is 29.5 Å². The zero-order valence-corrected chi connectivity index (χ0v) is 13.3. The number of benzene rings is 1. The molecule has 23 heavy (non-hydrogen) atoms. The number of β-lactam (4-membered cyclic amide) rings is 1. The number of ether oxygens (including phenoxy) is 1. The van der Waals surface area contributed by atoms with Crippen LogP contribution in [0.2, 0.25) is 0 Å². The third-order valence-corrected chi connectivity index (χ3v) is 5.38. The first-order valence-electron chi connectivity index (χ1n) is 7.25. The van der Waals surface area contributed by atoms with Gasteiger partial charge in [0.15, 0.2) is 0 Å². The highest BCUT2D eigenvalue weighted by Crippen LogP contribution is 2.40. The fourth-order valence-electron chi connectivity index (χ4n) is 3.10. The van der Waals surface area contributed by atoms with E-state index in [1.807, 2.05) is 6.26 Å². The number of fused-ring (bicyclic) bond motifs is 1. The molecule has 2 fully saturated rings. The van der Waals surface area contributed by atoms with E-state index in [1.165, 1.54) is 12.1 Å². The number of non-ortho nitro benzene ring substituents is 1. The van der Waals surface area contributed by atoms with Crippen LogP contribution in [0.25, 0.3) is 0 Å². The Kier molecular flexibility index (Phi) is 4.25. The van der Waals surface area contributed by atoms with Gasteiger partial charge in [0.1, 0.15) is 12.6 Å². The number of hydrogen-bond acceptors (Lipinski definition) is 6. The lowest BCUT2D eigenvalue weighted by Gasteiger charge is -2.37. The van der Waals surface area contributed by atoms with Crippen LogP contribution in [0.1, 0.15) is 18.4 Å². The molecular formula is C15H16N2O5S. The van der Waals surface area contributed by atoms with Gasteiger partial charge < -0.3 is 9.64 Å². The number of thioether (sulfide) groups is 1. The van der Waals surface area contributed by atoms with Gasteiger partial charge in [-0.25, -0.2) is 4.79 Å². The van der Waals surface area contributed by atoms with E-state index >= 15 is 0 Å². The summed E-state index contributed by atoms with van der Waals surface area (Å²) in [6.07, 6.45) is 3.27. The molecule has 3 rings (SSSR count). The average molecular weight is 336 g/mol. The fraction of sp³-hybridized carbons (Fsp3) is 0.467. The van der Waals surface area contributed by atoms with Crippen LogP contribution < -0.4 is 0 Å². The van der Waals surface area contributed by atoms with Crippen molar-refractivity contribution in [3.63, 3.8) is 0 Å². The Bertz CT molecular complexity index is 648. The van der Waals surface area contributed by atoms with E-state index in [4.69, 9.17) is 4.74 Å². The van der Waals surface area contributed by atoms with Crippen molar-refractivity contribution >= 4 is 29.3 Å². The lowest BCUT2D eigenvalue weighted by Crippen LogP contribution is -2.55. The Morgan fingerprint density at radius 3 is 2.70 bits per heavy atom. The molecular weight excluding hydrogens is 320 g/mol. The Balaban J connectivity index is 1.62. The first-order valence-corrected chi connectivity index (χ1v) is 8.54. The fourth-order valence-corrected chi connectivity index (χ4v) is 4.01. The van der Waals surface area contributed by atoms with Crippen LogP contribution in [0, 0.1) is 10.1 Å². The van der Waals surface area contributed by atoms with Crippen molar-refractivity contribution in [2.24, 2.45) is 0 Å². The maximum atomic E-state index is 12.4. The second kappa shape index (κ2) is 6.19. The van der Waals surface area contributed by atoms with E-state index < -0.39 is 16.9 Å². The number of rotatable bonds is 5. The van der Waals surface area contributed by atoms with Gasteiger partial charge in [0.25, 0.3) is 5.69 Å². The van der Waals surface area contributed by atoms with Crippen LogP contribution in [0.3, 0.4) is 0 Å². The third-order valence-electron chi connectivity index (χ3n) is 4.32. The van der Waals surface area contributed by atoms with Gasteiger partial charge in [0, 0.05) is 29.8 Å². The van der Waals surface area contributed by atoms with Gasteiger partial charge in [-0.2, -0.15) is 11.8 Å². The highest BCUT2D eigenvalue weighted by atomic mass is 32.2. The monoisotopic (exact) mass is 336 g/mol. The minimum absolute atomic E-state index is 0.00355. The summed E-state index contributed by atoms with van der Waals surface area (Å²) in [7, 11) is 0. The maximum absolute atomic E-state index is 12.4. The normalized spacial score (nSPS) is 25.7. The molecule has 2 saturated heterocycles. The van der Waals surface area contributed by atoms with Crippen molar-refractivity contribution in [3.05, 3.63) is 39.9 Å². The molecule has 0 saturated carbocycles. The van der Waals surface area contributed by atoms with Crippen molar-refractivity contribution < 1.29 is 19.2 Å². The highest BCUT2D eigenvalue weighted by Gasteiger charge is 2.54. The summed E-state index contributed by atoms with van der Waals surface area (Å²) in [4.78, 5) is 35.8. The smallest absolute Gasteiger partial charge is 0.330 e. The lowest BCUT2D eigenvalue weighted by atomic mass is 10.0. The molecule has 3 atom stereocenters. The van der Waals surface area contributed by atoms with Crippen LogP contribution in [0.4, 0.5) is 5.69 Å². The number of carbonyl (C=O) groups is 2. The molecule has 8 heteroatoms. The summed E-state index contributed by atoms with van der Waals surface area (Å²) in [6.45, 7) is 0.0428. The molecule has 0 radical (unpaired) electrons. The van der Waals surface area contributed by atoms with Gasteiger partial charge >= 0.3 is 5.97 Å². The molecule has 0 aromatic heterocycles. The van der Waals surface area contributed by atoms with Gasteiger partial charge in [-0.05, 0) is 30.4 Å². The first kappa shape index (κ1) is 15.8. The molecule has 2 heterocycles. The van der Waals surface area contributed by atoms with E-state index in [2.05, 4.69) is 0 Å². The third kappa shape index (κ3) is 2.90. The summed E-state index contributed by atoms with van der Waals surface area (Å²) in [5.74, 6) is -0.401. The van der Waals surface area contributed by atoms with Crippen LogP contribution in [-0.2, 0) is 20.9 Å². The molecule has 1 unspecified atom stereocenters. The van der Waals surface area contributed by atoms with Crippen LogP contribution in [-0.4, -0.2) is 45.3 Å². The number of carbonyl (C=O) groups excluding carboxylic acids is 2. The number of esters is 1. The van der Waals surface area contributed by atoms with Gasteiger partial charge in [-0.15, -0.1) is 0 Å². The van der Waals surface area contributed by atoms with Crippen molar-refractivity contribution in [2.75, 3.05) is 6.26 Å². The van der Waals surface area contributed by atoms with Gasteiger partial charge in [-0.3, -0.25) is 14.9 Å². The molecule has 7 nitrogen and oxygen atoms in total. The molecule has 0 bridgehead atoms. The summed E-state index contributed by atoms with van der Waals surface area (Å²) >= 11 is 1.58. The van der Waals surface area contributed by atoms with Crippen molar-refractivity contribution in [2.45, 2.75) is 36.8 Å². The average Bonchev–Trinajstić information content (AvgIpc) is 2.85.